The van der Waals surface area contributed by atoms with Crippen LogP contribution in [0.4, 0.5) is 11.4 Å². The van der Waals surface area contributed by atoms with E-state index in [9.17, 15) is 4.79 Å². The molecule has 26 heavy (non-hydrogen) atoms. The Morgan fingerprint density at radius 3 is 2.58 bits per heavy atom. The van der Waals surface area contributed by atoms with Crippen LogP contribution in [0.25, 0.3) is 0 Å². The number of methoxy groups -OCH3 is 1. The summed E-state index contributed by atoms with van der Waals surface area (Å²) in [6.07, 6.45) is 3.26. The Morgan fingerprint density at radius 1 is 1.08 bits per heavy atom. The van der Waals surface area contributed by atoms with Gasteiger partial charge in [0.2, 0.25) is 0 Å². The highest BCUT2D eigenvalue weighted by Crippen LogP contribution is 2.27. The topological polar surface area (TPSA) is 54.5 Å². The maximum atomic E-state index is 12.7. The molecule has 132 valence electrons. The Kier molecular flexibility index (Phi) is 5.49. The van der Waals surface area contributed by atoms with Crippen LogP contribution in [-0.2, 0) is 6.54 Å². The van der Waals surface area contributed by atoms with Crippen LogP contribution < -0.4 is 10.1 Å². The molecular weight excluding hydrogens is 326 g/mol. The van der Waals surface area contributed by atoms with Gasteiger partial charge in [0.05, 0.1) is 30.2 Å². The van der Waals surface area contributed by atoms with E-state index < -0.39 is 0 Å². The lowest BCUT2D eigenvalue weighted by Crippen LogP contribution is -2.26. The molecule has 5 heteroatoms. The highest BCUT2D eigenvalue weighted by molar-refractivity contribution is 5.94. The van der Waals surface area contributed by atoms with Crippen LogP contribution >= 0.6 is 0 Å². The summed E-state index contributed by atoms with van der Waals surface area (Å²) in [5, 5.41) is 3.25. The Bertz CT molecular complexity index is 881. The number of carbonyl (C=O) groups is 1. The third-order valence-electron chi connectivity index (χ3n) is 3.98. The molecule has 0 saturated carbocycles. The van der Waals surface area contributed by atoms with Crippen LogP contribution in [0.1, 0.15) is 15.9 Å². The standard InChI is InChI=1S/C21H21N3O2/c1-24(15-16-8-4-3-5-9-16)21(25)17-12-18(14-22-13-17)23-19-10-6-7-11-20(19)26-2/h3-14,23H,15H2,1-2H3. The van der Waals surface area contributed by atoms with Crippen molar-refractivity contribution in [1.29, 1.82) is 0 Å². The Hall–Kier alpha value is -3.34. The summed E-state index contributed by atoms with van der Waals surface area (Å²) in [7, 11) is 3.41. The largest absolute Gasteiger partial charge is 0.495 e. The van der Waals surface area contributed by atoms with E-state index in [-0.39, 0.29) is 5.91 Å². The van der Waals surface area contributed by atoms with E-state index in [1.54, 1.807) is 37.5 Å². The molecule has 1 heterocycles. The highest BCUT2D eigenvalue weighted by atomic mass is 16.5. The molecule has 0 aliphatic carbocycles. The Morgan fingerprint density at radius 2 is 1.81 bits per heavy atom. The highest BCUT2D eigenvalue weighted by Gasteiger charge is 2.13. The summed E-state index contributed by atoms with van der Waals surface area (Å²) in [4.78, 5) is 18.6. The Balaban J connectivity index is 1.75. The van der Waals surface area contributed by atoms with E-state index in [1.165, 1.54) is 0 Å². The van der Waals surface area contributed by atoms with Crippen molar-refractivity contribution < 1.29 is 9.53 Å². The molecule has 0 unspecified atom stereocenters. The molecule has 0 bridgehead atoms. The van der Waals surface area contributed by atoms with E-state index in [2.05, 4.69) is 10.3 Å². The average Bonchev–Trinajstić information content (AvgIpc) is 2.69. The van der Waals surface area contributed by atoms with E-state index in [0.29, 0.717) is 12.1 Å². The van der Waals surface area contributed by atoms with Gasteiger partial charge in [0.25, 0.3) is 5.91 Å². The molecule has 0 aliphatic rings. The number of nitrogens with one attached hydrogen (secondary N) is 1. The third kappa shape index (κ3) is 4.19. The fourth-order valence-electron chi connectivity index (χ4n) is 2.68. The van der Waals surface area contributed by atoms with Gasteiger partial charge in [-0.1, -0.05) is 42.5 Å². The molecule has 5 nitrogen and oxygen atoms in total. The van der Waals surface area contributed by atoms with Crippen molar-refractivity contribution in [1.82, 2.24) is 9.88 Å². The molecule has 0 atom stereocenters. The maximum Gasteiger partial charge on any atom is 0.255 e. The summed E-state index contributed by atoms with van der Waals surface area (Å²) in [5.41, 5.74) is 3.16. The zero-order chi connectivity index (χ0) is 18.4. The van der Waals surface area contributed by atoms with Crippen molar-refractivity contribution in [3.05, 3.63) is 84.2 Å². The fraction of sp³-hybridized carbons (Fsp3) is 0.143. The Labute approximate surface area is 153 Å². The van der Waals surface area contributed by atoms with E-state index >= 15 is 0 Å². The number of hydrogen-bond acceptors (Lipinski definition) is 4. The summed E-state index contributed by atoms with van der Waals surface area (Å²) < 4.78 is 5.34. The van der Waals surface area contributed by atoms with Gasteiger partial charge in [-0.15, -0.1) is 0 Å². The summed E-state index contributed by atoms with van der Waals surface area (Å²) in [5.74, 6) is 0.649. The number of hydrogen-bond donors (Lipinski definition) is 1. The second-order valence-corrected chi connectivity index (χ2v) is 5.93. The second-order valence-electron chi connectivity index (χ2n) is 5.93. The molecule has 2 aromatic carbocycles. The number of nitrogens with zero attached hydrogens (tertiary/aromatic N) is 2. The first-order valence-electron chi connectivity index (χ1n) is 8.32. The molecule has 0 fully saturated rings. The molecule has 1 aromatic heterocycles. The van der Waals surface area contributed by atoms with Crippen molar-refractivity contribution in [2.45, 2.75) is 6.54 Å². The van der Waals surface area contributed by atoms with Crippen LogP contribution in [0.2, 0.25) is 0 Å². The van der Waals surface area contributed by atoms with Gasteiger partial charge in [-0.2, -0.15) is 0 Å². The number of anilines is 2. The van der Waals surface area contributed by atoms with Gasteiger partial charge in [0.15, 0.2) is 0 Å². The van der Waals surface area contributed by atoms with E-state index in [0.717, 1.165) is 22.7 Å². The first-order valence-corrected chi connectivity index (χ1v) is 8.32. The fourth-order valence-corrected chi connectivity index (χ4v) is 2.68. The number of amides is 1. The molecule has 3 rings (SSSR count). The lowest BCUT2D eigenvalue weighted by atomic mass is 10.2. The molecule has 0 radical (unpaired) electrons. The number of benzene rings is 2. The molecule has 3 aromatic rings. The van der Waals surface area contributed by atoms with Crippen LogP contribution in [0, 0.1) is 0 Å². The second kappa shape index (κ2) is 8.16. The van der Waals surface area contributed by atoms with Gasteiger partial charge < -0.3 is 15.0 Å². The van der Waals surface area contributed by atoms with Crippen LogP contribution in [0.5, 0.6) is 5.75 Å². The number of ether oxygens (including phenoxy) is 1. The van der Waals surface area contributed by atoms with Crippen molar-refractivity contribution in [2.75, 3.05) is 19.5 Å². The van der Waals surface area contributed by atoms with Crippen molar-refractivity contribution >= 4 is 17.3 Å². The first kappa shape index (κ1) is 17.5. The van der Waals surface area contributed by atoms with E-state index in [4.69, 9.17) is 4.74 Å². The molecule has 1 amide bonds. The lowest BCUT2D eigenvalue weighted by molar-refractivity contribution is 0.0784. The number of rotatable bonds is 6. The monoisotopic (exact) mass is 347 g/mol. The number of pyridine rings is 1. The van der Waals surface area contributed by atoms with Gasteiger partial charge in [-0.25, -0.2) is 0 Å². The third-order valence-corrected chi connectivity index (χ3v) is 3.98. The summed E-state index contributed by atoms with van der Waals surface area (Å²) in [6, 6.07) is 19.3. The molecular formula is C21H21N3O2. The van der Waals surface area contributed by atoms with Crippen LogP contribution in [0.15, 0.2) is 73.1 Å². The first-order chi connectivity index (χ1) is 12.7. The van der Waals surface area contributed by atoms with Gasteiger partial charge in [0.1, 0.15) is 5.75 Å². The normalized spacial score (nSPS) is 10.2. The minimum Gasteiger partial charge on any atom is -0.495 e. The molecule has 0 aliphatic heterocycles. The number of aromatic nitrogens is 1. The quantitative estimate of drug-likeness (QED) is 0.729. The molecule has 0 saturated heterocycles. The summed E-state index contributed by atoms with van der Waals surface area (Å²) >= 11 is 0. The zero-order valence-corrected chi connectivity index (χ0v) is 14.8. The molecule has 0 spiro atoms. The predicted molar refractivity (Wildman–Crippen MR) is 103 cm³/mol. The molecule has 1 N–H and O–H groups in total. The maximum absolute atomic E-state index is 12.7. The van der Waals surface area contributed by atoms with Crippen molar-refractivity contribution in [2.24, 2.45) is 0 Å². The summed E-state index contributed by atoms with van der Waals surface area (Å²) in [6.45, 7) is 0.545. The van der Waals surface area contributed by atoms with E-state index in [1.807, 2.05) is 54.6 Å². The van der Waals surface area contributed by atoms with Crippen LogP contribution in [0.3, 0.4) is 0 Å². The smallest absolute Gasteiger partial charge is 0.255 e. The number of para-hydroxylation sites is 2. The van der Waals surface area contributed by atoms with Gasteiger partial charge in [-0.3, -0.25) is 9.78 Å². The lowest BCUT2D eigenvalue weighted by Gasteiger charge is -2.18. The van der Waals surface area contributed by atoms with Crippen LogP contribution in [-0.4, -0.2) is 29.9 Å². The minimum absolute atomic E-state index is 0.0787. The van der Waals surface area contributed by atoms with Gasteiger partial charge in [0, 0.05) is 19.8 Å². The zero-order valence-electron chi connectivity index (χ0n) is 14.8. The number of carbonyl (C=O) groups excluding carboxylic acids is 1. The predicted octanol–water partition coefficient (Wildman–Crippen LogP) is 4.11. The van der Waals surface area contributed by atoms with Gasteiger partial charge >= 0.3 is 0 Å². The van der Waals surface area contributed by atoms with Crippen molar-refractivity contribution in [3.8, 4) is 5.75 Å². The average molecular weight is 347 g/mol. The minimum atomic E-state index is -0.0787. The van der Waals surface area contributed by atoms with Gasteiger partial charge in [-0.05, 0) is 23.8 Å². The van der Waals surface area contributed by atoms with Crippen molar-refractivity contribution in [3.63, 3.8) is 0 Å². The SMILES string of the molecule is COc1ccccc1Nc1cncc(C(=O)N(C)Cc2ccccc2)c1.